The Morgan fingerprint density at radius 3 is 2.82 bits per heavy atom. The summed E-state index contributed by atoms with van der Waals surface area (Å²) in [6, 6.07) is 0. The first-order chi connectivity index (χ1) is 7.97. The van der Waals surface area contributed by atoms with Gasteiger partial charge in [-0.2, -0.15) is 0 Å². The molecular weight excluding hydrogens is 280 g/mol. The van der Waals surface area contributed by atoms with Gasteiger partial charge in [0, 0.05) is 19.3 Å². The predicted molar refractivity (Wildman–Crippen MR) is 76.5 cm³/mol. The minimum atomic E-state index is 0.274. The molecule has 0 fully saturated rings. The topological polar surface area (TPSA) is 51.5 Å². The summed E-state index contributed by atoms with van der Waals surface area (Å²) in [5, 5.41) is 10.9. The van der Waals surface area contributed by atoms with Gasteiger partial charge in [-0.3, -0.25) is 5.41 Å². The van der Waals surface area contributed by atoms with E-state index in [1.165, 1.54) is 0 Å². The van der Waals surface area contributed by atoms with Crippen molar-refractivity contribution in [3.63, 3.8) is 0 Å². The monoisotopic (exact) mass is 296 g/mol. The van der Waals surface area contributed by atoms with Crippen LogP contribution in [0.5, 0.6) is 0 Å². The lowest BCUT2D eigenvalue weighted by Gasteiger charge is -2.25. The number of halogens is 1. The summed E-state index contributed by atoms with van der Waals surface area (Å²) in [6.07, 6.45) is 2.60. The van der Waals surface area contributed by atoms with Crippen LogP contribution in [0.3, 0.4) is 0 Å². The molecule has 1 aliphatic rings. The molecule has 17 heavy (non-hydrogen) atoms. The largest absolute Gasteiger partial charge is 0.366 e. The number of hydrogen-bond acceptors (Lipinski definition) is 4. The van der Waals surface area contributed by atoms with Crippen molar-refractivity contribution >= 4 is 26.9 Å². The fourth-order valence-corrected chi connectivity index (χ4v) is 1.71. The van der Waals surface area contributed by atoms with E-state index in [-0.39, 0.29) is 4.62 Å². The Hall–Kier alpha value is -1.36. The van der Waals surface area contributed by atoms with E-state index in [2.05, 4.69) is 46.3 Å². The zero-order valence-corrected chi connectivity index (χ0v) is 11.8. The second kappa shape index (κ2) is 5.82. The number of aliphatic imine (C=N–C) groups is 1. The van der Waals surface area contributed by atoms with Crippen molar-refractivity contribution in [3.8, 4) is 0 Å². The lowest BCUT2D eigenvalue weighted by Crippen LogP contribution is -2.28. The fourth-order valence-electron chi connectivity index (χ4n) is 1.29. The Bertz CT molecular complexity index is 420. The van der Waals surface area contributed by atoms with E-state index in [9.17, 15) is 0 Å². The molecule has 92 valence electrons. The maximum absolute atomic E-state index is 7.71. The van der Waals surface area contributed by atoms with Crippen LogP contribution in [0.4, 0.5) is 0 Å². The third-order valence-corrected chi connectivity index (χ3v) is 2.93. The van der Waals surface area contributed by atoms with E-state index in [0.29, 0.717) is 17.9 Å². The van der Waals surface area contributed by atoms with E-state index in [0.717, 1.165) is 17.7 Å². The minimum Gasteiger partial charge on any atom is -0.366 e. The molecule has 1 heterocycles. The number of hydrogen-bond donors (Lipinski definition) is 2. The molecule has 4 nitrogen and oxygen atoms in total. The standard InChI is InChI=1S/C12H17BrN4/c1-5-8(2)6-15-12-10(11(13)14)9(3)17(4)7-16-12/h7,14-15H,2-3,5-6H2,1,4H3. The molecule has 5 heteroatoms. The molecule has 0 unspecified atom stereocenters. The van der Waals surface area contributed by atoms with Gasteiger partial charge >= 0.3 is 0 Å². The van der Waals surface area contributed by atoms with Crippen molar-refractivity contribution < 1.29 is 0 Å². The summed E-state index contributed by atoms with van der Waals surface area (Å²) < 4.78 is 0.274. The summed E-state index contributed by atoms with van der Waals surface area (Å²) >= 11 is 3.17. The highest BCUT2D eigenvalue weighted by molar-refractivity contribution is 9.18. The number of nitrogens with one attached hydrogen (secondary N) is 2. The number of nitrogens with zero attached hydrogens (tertiary/aromatic N) is 2. The first kappa shape index (κ1) is 13.7. The molecule has 0 atom stereocenters. The second-order valence-electron chi connectivity index (χ2n) is 3.80. The van der Waals surface area contributed by atoms with Crippen molar-refractivity contribution in [2.24, 2.45) is 4.99 Å². The van der Waals surface area contributed by atoms with Crippen LogP contribution >= 0.6 is 15.9 Å². The van der Waals surface area contributed by atoms with E-state index < -0.39 is 0 Å². The lowest BCUT2D eigenvalue weighted by atomic mass is 10.1. The summed E-state index contributed by atoms with van der Waals surface area (Å²) in [6.45, 7) is 10.6. The molecule has 0 spiro atoms. The molecule has 0 aromatic rings. The molecule has 0 aliphatic carbocycles. The van der Waals surface area contributed by atoms with Gasteiger partial charge in [-0.1, -0.05) is 25.7 Å². The highest BCUT2D eigenvalue weighted by atomic mass is 79.9. The molecule has 2 N–H and O–H groups in total. The molecule has 1 rings (SSSR count). The third kappa shape index (κ3) is 3.30. The fraction of sp³-hybridized carbons (Fsp3) is 0.333. The molecule has 0 aromatic carbocycles. The van der Waals surface area contributed by atoms with Gasteiger partial charge in [0.15, 0.2) is 0 Å². The van der Waals surface area contributed by atoms with E-state index >= 15 is 0 Å². The van der Waals surface area contributed by atoms with Crippen LogP contribution in [-0.4, -0.2) is 29.5 Å². The van der Waals surface area contributed by atoms with Crippen LogP contribution in [0.1, 0.15) is 13.3 Å². The quantitative estimate of drug-likeness (QED) is 0.605. The maximum Gasteiger partial charge on any atom is 0.140 e. The van der Waals surface area contributed by atoms with Gasteiger partial charge in [0.1, 0.15) is 10.4 Å². The SMILES string of the molecule is C=C(CC)CNC1=C(C(=N)Br)C(=C)N(C)C=N1. The van der Waals surface area contributed by atoms with Crippen molar-refractivity contribution in [2.45, 2.75) is 13.3 Å². The van der Waals surface area contributed by atoms with Crippen LogP contribution in [0.25, 0.3) is 0 Å². The number of rotatable bonds is 5. The first-order valence-corrected chi connectivity index (χ1v) is 6.12. The lowest BCUT2D eigenvalue weighted by molar-refractivity contribution is 0.642. The summed E-state index contributed by atoms with van der Waals surface area (Å²) in [7, 11) is 1.85. The molecule has 0 saturated heterocycles. The predicted octanol–water partition coefficient (Wildman–Crippen LogP) is 2.61. The van der Waals surface area contributed by atoms with Gasteiger partial charge in [0.25, 0.3) is 0 Å². The highest BCUT2D eigenvalue weighted by Crippen LogP contribution is 2.22. The van der Waals surface area contributed by atoms with Gasteiger partial charge in [0.05, 0.1) is 11.9 Å². The average Bonchev–Trinajstić information content (AvgIpc) is 2.29. The van der Waals surface area contributed by atoms with Gasteiger partial charge in [-0.25, -0.2) is 4.99 Å². The van der Waals surface area contributed by atoms with Crippen molar-refractivity contribution in [1.82, 2.24) is 10.2 Å². The molecule has 0 bridgehead atoms. The third-order valence-electron chi connectivity index (χ3n) is 2.54. The average molecular weight is 297 g/mol. The van der Waals surface area contributed by atoms with Crippen LogP contribution in [-0.2, 0) is 0 Å². The van der Waals surface area contributed by atoms with Crippen LogP contribution in [0.2, 0.25) is 0 Å². The Labute approximate surface area is 110 Å². The molecular formula is C12H17BrN4. The number of allylic oxidation sites excluding steroid dienone is 1. The van der Waals surface area contributed by atoms with Gasteiger partial charge < -0.3 is 10.2 Å². The molecule has 0 amide bonds. The zero-order valence-electron chi connectivity index (χ0n) is 10.2. The Balaban J connectivity index is 2.92. The molecule has 0 aromatic heterocycles. The molecule has 1 aliphatic heterocycles. The highest BCUT2D eigenvalue weighted by Gasteiger charge is 2.19. The summed E-state index contributed by atoms with van der Waals surface area (Å²) in [4.78, 5) is 6.05. The summed E-state index contributed by atoms with van der Waals surface area (Å²) in [5.41, 5.74) is 2.52. The number of likely N-dealkylation sites (N-methyl/N-ethyl adjacent to an activating group) is 1. The van der Waals surface area contributed by atoms with E-state index in [1.54, 1.807) is 11.2 Å². The van der Waals surface area contributed by atoms with Gasteiger partial charge in [-0.05, 0) is 22.4 Å². The van der Waals surface area contributed by atoms with Crippen LogP contribution in [0.15, 0.2) is 40.8 Å². The molecule has 0 radical (unpaired) electrons. The van der Waals surface area contributed by atoms with E-state index in [4.69, 9.17) is 5.41 Å². The Morgan fingerprint density at radius 1 is 1.65 bits per heavy atom. The second-order valence-corrected chi connectivity index (χ2v) is 4.59. The zero-order chi connectivity index (χ0) is 13.0. The van der Waals surface area contributed by atoms with Gasteiger partial charge in [0.2, 0.25) is 0 Å². The van der Waals surface area contributed by atoms with Crippen LogP contribution < -0.4 is 5.32 Å². The van der Waals surface area contributed by atoms with Gasteiger partial charge in [-0.15, -0.1) is 0 Å². The minimum absolute atomic E-state index is 0.274. The van der Waals surface area contributed by atoms with Crippen molar-refractivity contribution in [2.75, 3.05) is 13.6 Å². The maximum atomic E-state index is 7.71. The normalized spacial score (nSPS) is 15.2. The van der Waals surface area contributed by atoms with Crippen LogP contribution in [0, 0.1) is 5.41 Å². The Morgan fingerprint density at radius 2 is 2.29 bits per heavy atom. The summed E-state index contributed by atoms with van der Waals surface area (Å²) in [5.74, 6) is 0.657. The smallest absolute Gasteiger partial charge is 0.140 e. The van der Waals surface area contributed by atoms with Crippen molar-refractivity contribution in [1.29, 1.82) is 5.41 Å². The first-order valence-electron chi connectivity index (χ1n) is 5.32. The van der Waals surface area contributed by atoms with Crippen molar-refractivity contribution in [3.05, 3.63) is 35.8 Å². The Kier molecular flexibility index (Phi) is 4.69. The van der Waals surface area contributed by atoms with E-state index in [1.807, 2.05) is 7.05 Å². The molecule has 0 saturated carbocycles.